The minimum atomic E-state index is -1.28. The summed E-state index contributed by atoms with van der Waals surface area (Å²) in [6, 6.07) is -1.64. The van der Waals surface area contributed by atoms with Gasteiger partial charge >= 0.3 is 5.97 Å². The highest BCUT2D eigenvalue weighted by Crippen LogP contribution is 2.14. The quantitative estimate of drug-likeness (QED) is 0.561. The first-order valence-electron chi connectivity index (χ1n) is 6.89. The molecule has 0 aromatic rings. The van der Waals surface area contributed by atoms with Gasteiger partial charge in [-0.2, -0.15) is 0 Å². The van der Waals surface area contributed by atoms with Gasteiger partial charge in [-0.25, -0.2) is 0 Å². The Morgan fingerprint density at radius 2 is 2.05 bits per heavy atom. The van der Waals surface area contributed by atoms with E-state index in [4.69, 9.17) is 10.8 Å². The molecule has 3 atom stereocenters. The van der Waals surface area contributed by atoms with E-state index in [9.17, 15) is 19.2 Å². The number of aliphatic carboxylic acids is 1. The molecule has 0 bridgehead atoms. The first-order chi connectivity index (χ1) is 9.77. The average Bonchev–Trinajstić information content (AvgIpc) is 2.44. The van der Waals surface area contributed by atoms with Crippen LogP contribution in [0.3, 0.4) is 0 Å². The van der Waals surface area contributed by atoms with Crippen molar-refractivity contribution in [1.29, 1.82) is 0 Å². The smallest absolute Gasteiger partial charge is 0.323 e. The molecular formula is C13H22ClN3O5. The molecule has 3 amide bonds. The van der Waals surface area contributed by atoms with E-state index in [2.05, 4.69) is 5.32 Å². The summed E-state index contributed by atoms with van der Waals surface area (Å²) in [5.41, 5.74) is 5.78. The lowest BCUT2D eigenvalue weighted by Gasteiger charge is -2.31. The summed E-state index contributed by atoms with van der Waals surface area (Å²) < 4.78 is 0. The molecule has 0 aliphatic carbocycles. The van der Waals surface area contributed by atoms with Crippen molar-refractivity contribution in [3.63, 3.8) is 0 Å². The molecule has 0 saturated carbocycles. The van der Waals surface area contributed by atoms with Crippen molar-refractivity contribution in [3.8, 4) is 0 Å². The van der Waals surface area contributed by atoms with E-state index < -0.39 is 42.3 Å². The number of nitrogens with zero attached hydrogens (tertiary/aromatic N) is 1. The second-order valence-corrected chi connectivity index (χ2v) is 5.22. The Kier molecular flexibility index (Phi) is 8.04. The fraction of sp³-hybridized carbons (Fsp3) is 0.692. The second kappa shape index (κ2) is 8.70. The number of piperidine rings is 1. The number of carboxylic acids is 1. The van der Waals surface area contributed by atoms with Crippen LogP contribution < -0.4 is 11.1 Å². The van der Waals surface area contributed by atoms with Crippen LogP contribution in [-0.4, -0.2) is 52.3 Å². The predicted octanol–water partition coefficient (Wildman–Crippen LogP) is -0.500. The van der Waals surface area contributed by atoms with Crippen LogP contribution in [0.15, 0.2) is 0 Å². The van der Waals surface area contributed by atoms with Crippen molar-refractivity contribution < 1.29 is 24.3 Å². The molecule has 0 aromatic carbocycles. The molecule has 1 saturated heterocycles. The standard InChI is InChI=1S/C13H21N3O5.ClH/c1-3-7(2)11(14)12(20)15-8-4-5-9(17)16(13(8)21)6-10(18)19;/h7-8,11H,3-6,14H2,1-2H3,(H,15,20)(H,18,19);1H/t7-,8-,11-;/m0./s1. The molecular weight excluding hydrogens is 314 g/mol. The van der Waals surface area contributed by atoms with Gasteiger partial charge < -0.3 is 16.2 Å². The van der Waals surface area contributed by atoms with Crippen LogP contribution in [0.25, 0.3) is 0 Å². The van der Waals surface area contributed by atoms with E-state index in [1.54, 1.807) is 0 Å². The Hall–Kier alpha value is -1.67. The van der Waals surface area contributed by atoms with Gasteiger partial charge in [0.2, 0.25) is 11.8 Å². The Balaban J connectivity index is 0.00000441. The second-order valence-electron chi connectivity index (χ2n) is 5.22. The highest BCUT2D eigenvalue weighted by Gasteiger charge is 2.37. The lowest BCUT2D eigenvalue weighted by atomic mass is 9.98. The molecule has 0 spiro atoms. The van der Waals surface area contributed by atoms with Gasteiger partial charge in [-0.1, -0.05) is 20.3 Å². The maximum Gasteiger partial charge on any atom is 0.323 e. The SMILES string of the molecule is CC[C@H](C)[C@H](N)C(=O)N[C@H]1CCC(=O)N(CC(=O)O)C1=O.Cl. The molecule has 9 heteroatoms. The van der Waals surface area contributed by atoms with E-state index in [1.165, 1.54) is 0 Å². The Labute approximate surface area is 134 Å². The van der Waals surface area contributed by atoms with E-state index in [0.717, 1.165) is 6.42 Å². The van der Waals surface area contributed by atoms with Crippen molar-refractivity contribution in [2.24, 2.45) is 11.7 Å². The van der Waals surface area contributed by atoms with Crippen molar-refractivity contribution in [2.45, 2.75) is 45.2 Å². The molecule has 1 fully saturated rings. The summed E-state index contributed by atoms with van der Waals surface area (Å²) in [5.74, 6) is -3.02. The summed E-state index contributed by atoms with van der Waals surface area (Å²) in [6.07, 6.45) is 0.895. The lowest BCUT2D eigenvalue weighted by Crippen LogP contribution is -2.58. The molecule has 8 nitrogen and oxygen atoms in total. The van der Waals surface area contributed by atoms with Gasteiger partial charge in [0.05, 0.1) is 6.04 Å². The van der Waals surface area contributed by atoms with Crippen molar-refractivity contribution in [1.82, 2.24) is 10.2 Å². The molecule has 0 unspecified atom stereocenters. The molecule has 1 aliphatic heterocycles. The maximum absolute atomic E-state index is 12.1. The fourth-order valence-corrected chi connectivity index (χ4v) is 2.05. The molecule has 4 N–H and O–H groups in total. The van der Waals surface area contributed by atoms with Gasteiger partial charge in [0.25, 0.3) is 5.91 Å². The lowest BCUT2D eigenvalue weighted by molar-refractivity contribution is -0.157. The minimum Gasteiger partial charge on any atom is -0.480 e. The predicted molar refractivity (Wildman–Crippen MR) is 80.2 cm³/mol. The number of halogens is 1. The minimum absolute atomic E-state index is 0. The zero-order valence-electron chi connectivity index (χ0n) is 12.6. The topological polar surface area (TPSA) is 130 Å². The summed E-state index contributed by atoms with van der Waals surface area (Å²) in [7, 11) is 0. The maximum atomic E-state index is 12.1. The number of carbonyl (C=O) groups is 4. The van der Waals surface area contributed by atoms with E-state index >= 15 is 0 Å². The first-order valence-corrected chi connectivity index (χ1v) is 6.89. The van der Waals surface area contributed by atoms with Crippen LogP contribution in [0.2, 0.25) is 0 Å². The van der Waals surface area contributed by atoms with Gasteiger partial charge in [-0.15, -0.1) is 12.4 Å². The highest BCUT2D eigenvalue weighted by atomic mass is 35.5. The number of imide groups is 1. The third kappa shape index (κ3) is 4.96. The summed E-state index contributed by atoms with van der Waals surface area (Å²) in [4.78, 5) is 46.9. The first kappa shape index (κ1) is 20.3. The molecule has 0 radical (unpaired) electrons. The normalized spacial score (nSPS) is 20.9. The number of carboxylic acid groups (broad SMARTS) is 1. The number of amides is 3. The molecule has 1 rings (SSSR count). The van der Waals surface area contributed by atoms with Crippen LogP contribution >= 0.6 is 12.4 Å². The monoisotopic (exact) mass is 335 g/mol. The van der Waals surface area contributed by atoms with Gasteiger partial charge in [0.15, 0.2) is 0 Å². The average molecular weight is 336 g/mol. The zero-order valence-corrected chi connectivity index (χ0v) is 13.4. The van der Waals surface area contributed by atoms with Crippen molar-refractivity contribution >= 4 is 36.1 Å². The number of likely N-dealkylation sites (tertiary alicyclic amines) is 1. The number of nitrogens with one attached hydrogen (secondary N) is 1. The highest BCUT2D eigenvalue weighted by molar-refractivity contribution is 6.03. The zero-order chi connectivity index (χ0) is 16.2. The van der Waals surface area contributed by atoms with Crippen LogP contribution in [0.1, 0.15) is 33.1 Å². The number of hydrogen-bond acceptors (Lipinski definition) is 5. The molecule has 126 valence electrons. The number of nitrogens with two attached hydrogens (primary N) is 1. The number of hydrogen-bond donors (Lipinski definition) is 3. The molecule has 22 heavy (non-hydrogen) atoms. The Bertz CT molecular complexity index is 457. The Morgan fingerprint density at radius 3 is 2.55 bits per heavy atom. The van der Waals surface area contributed by atoms with Crippen molar-refractivity contribution in [3.05, 3.63) is 0 Å². The third-order valence-electron chi connectivity index (χ3n) is 3.68. The summed E-state index contributed by atoms with van der Waals surface area (Å²) >= 11 is 0. The van der Waals surface area contributed by atoms with Gasteiger partial charge in [0.1, 0.15) is 12.6 Å². The van der Waals surface area contributed by atoms with Crippen LogP contribution in [0, 0.1) is 5.92 Å². The van der Waals surface area contributed by atoms with Gasteiger partial charge in [0, 0.05) is 6.42 Å². The number of carbonyl (C=O) groups excluding carboxylic acids is 3. The third-order valence-corrected chi connectivity index (χ3v) is 3.68. The Morgan fingerprint density at radius 1 is 1.45 bits per heavy atom. The summed E-state index contributed by atoms with van der Waals surface area (Å²) in [6.45, 7) is 3.03. The number of rotatable bonds is 6. The van der Waals surface area contributed by atoms with Gasteiger partial charge in [-0.3, -0.25) is 24.1 Å². The summed E-state index contributed by atoms with van der Waals surface area (Å²) in [5, 5.41) is 11.2. The van der Waals surface area contributed by atoms with Crippen LogP contribution in [0.5, 0.6) is 0 Å². The van der Waals surface area contributed by atoms with E-state index in [1.807, 2.05) is 13.8 Å². The van der Waals surface area contributed by atoms with E-state index in [-0.39, 0.29) is 31.2 Å². The largest absolute Gasteiger partial charge is 0.480 e. The van der Waals surface area contributed by atoms with Crippen LogP contribution in [0.4, 0.5) is 0 Å². The van der Waals surface area contributed by atoms with E-state index in [0.29, 0.717) is 4.90 Å². The fourth-order valence-electron chi connectivity index (χ4n) is 2.05. The van der Waals surface area contributed by atoms with Gasteiger partial charge in [-0.05, 0) is 12.3 Å². The van der Waals surface area contributed by atoms with Crippen LogP contribution in [-0.2, 0) is 19.2 Å². The molecule has 0 aromatic heterocycles. The molecule has 1 heterocycles. The van der Waals surface area contributed by atoms with Crippen molar-refractivity contribution in [2.75, 3.05) is 6.54 Å². The molecule has 1 aliphatic rings.